The SMILES string of the molecule is CCOC(=O)[C@@H](C)[C@]1(O)CCc2ccc(F)cc21. The van der Waals surface area contributed by atoms with Crippen LogP contribution in [0.1, 0.15) is 31.4 Å². The van der Waals surface area contributed by atoms with Crippen molar-refractivity contribution < 1.29 is 19.0 Å². The van der Waals surface area contributed by atoms with Gasteiger partial charge in [0.25, 0.3) is 0 Å². The topological polar surface area (TPSA) is 46.5 Å². The van der Waals surface area contributed by atoms with Crippen LogP contribution in [0.3, 0.4) is 0 Å². The summed E-state index contributed by atoms with van der Waals surface area (Å²) in [7, 11) is 0. The van der Waals surface area contributed by atoms with Gasteiger partial charge in [0.2, 0.25) is 0 Å². The van der Waals surface area contributed by atoms with E-state index < -0.39 is 23.3 Å². The fourth-order valence-corrected chi connectivity index (χ4v) is 2.54. The van der Waals surface area contributed by atoms with Gasteiger partial charge < -0.3 is 9.84 Å². The number of hydrogen-bond donors (Lipinski definition) is 1. The van der Waals surface area contributed by atoms with Crippen molar-refractivity contribution in [2.75, 3.05) is 6.61 Å². The summed E-state index contributed by atoms with van der Waals surface area (Å²) in [6.45, 7) is 3.62. The Morgan fingerprint density at radius 1 is 1.61 bits per heavy atom. The highest BCUT2D eigenvalue weighted by Crippen LogP contribution is 2.42. The van der Waals surface area contributed by atoms with Crippen molar-refractivity contribution in [2.24, 2.45) is 5.92 Å². The average molecular weight is 252 g/mol. The number of carbonyl (C=O) groups excluding carboxylic acids is 1. The second-order valence-corrected chi connectivity index (χ2v) is 4.70. The second kappa shape index (κ2) is 4.69. The molecule has 0 amide bonds. The molecule has 0 bridgehead atoms. The highest BCUT2D eigenvalue weighted by molar-refractivity contribution is 5.74. The summed E-state index contributed by atoms with van der Waals surface area (Å²) in [5, 5.41) is 10.7. The highest BCUT2D eigenvalue weighted by Gasteiger charge is 2.45. The molecular weight excluding hydrogens is 235 g/mol. The fraction of sp³-hybridized carbons (Fsp3) is 0.500. The maximum atomic E-state index is 13.3. The molecule has 98 valence electrons. The molecule has 3 nitrogen and oxygen atoms in total. The summed E-state index contributed by atoms with van der Waals surface area (Å²) in [5.74, 6) is -1.54. The van der Waals surface area contributed by atoms with Gasteiger partial charge in [-0.1, -0.05) is 6.07 Å². The van der Waals surface area contributed by atoms with Crippen molar-refractivity contribution in [1.82, 2.24) is 0 Å². The molecule has 4 heteroatoms. The molecule has 0 radical (unpaired) electrons. The minimum Gasteiger partial charge on any atom is -0.466 e. The van der Waals surface area contributed by atoms with E-state index in [2.05, 4.69) is 0 Å². The molecule has 0 saturated carbocycles. The largest absolute Gasteiger partial charge is 0.466 e. The van der Waals surface area contributed by atoms with Crippen LogP contribution in [0, 0.1) is 11.7 Å². The van der Waals surface area contributed by atoms with Gasteiger partial charge >= 0.3 is 5.97 Å². The summed E-state index contributed by atoms with van der Waals surface area (Å²) in [6.07, 6.45) is 1.07. The smallest absolute Gasteiger partial charge is 0.311 e. The molecule has 0 unspecified atom stereocenters. The van der Waals surface area contributed by atoms with Crippen molar-refractivity contribution >= 4 is 5.97 Å². The summed E-state index contributed by atoms with van der Waals surface area (Å²) in [5.41, 5.74) is 0.0991. The van der Waals surface area contributed by atoms with Crippen LogP contribution in [0.4, 0.5) is 4.39 Å². The molecule has 0 spiro atoms. The number of aryl methyl sites for hydroxylation is 1. The van der Waals surface area contributed by atoms with E-state index in [1.54, 1.807) is 19.9 Å². The summed E-state index contributed by atoms with van der Waals surface area (Å²) in [4.78, 5) is 11.8. The molecule has 1 N–H and O–H groups in total. The lowest BCUT2D eigenvalue weighted by molar-refractivity contribution is -0.158. The van der Waals surface area contributed by atoms with E-state index in [0.717, 1.165) is 5.56 Å². The number of carbonyl (C=O) groups is 1. The number of aliphatic hydroxyl groups is 1. The van der Waals surface area contributed by atoms with E-state index in [1.807, 2.05) is 0 Å². The Morgan fingerprint density at radius 2 is 2.33 bits per heavy atom. The molecule has 0 saturated heterocycles. The number of benzene rings is 1. The van der Waals surface area contributed by atoms with Gasteiger partial charge in [0.1, 0.15) is 11.4 Å². The molecule has 1 aliphatic carbocycles. The zero-order chi connectivity index (χ0) is 13.3. The van der Waals surface area contributed by atoms with Crippen molar-refractivity contribution in [2.45, 2.75) is 32.3 Å². The molecule has 0 aliphatic heterocycles. The van der Waals surface area contributed by atoms with Crippen LogP contribution in [-0.4, -0.2) is 17.7 Å². The van der Waals surface area contributed by atoms with Gasteiger partial charge in [-0.2, -0.15) is 0 Å². The molecule has 1 aromatic rings. The van der Waals surface area contributed by atoms with Crippen LogP contribution in [0.25, 0.3) is 0 Å². The van der Waals surface area contributed by atoms with Gasteiger partial charge in [0.15, 0.2) is 0 Å². The maximum absolute atomic E-state index is 13.3. The Morgan fingerprint density at radius 3 is 3.00 bits per heavy atom. The number of fused-ring (bicyclic) bond motifs is 1. The van der Waals surface area contributed by atoms with Crippen molar-refractivity contribution in [3.63, 3.8) is 0 Å². The van der Waals surface area contributed by atoms with Gasteiger partial charge in [0, 0.05) is 0 Å². The number of ether oxygens (including phenoxy) is 1. The Kier molecular flexibility index (Phi) is 3.39. The minimum absolute atomic E-state index is 0.273. The van der Waals surface area contributed by atoms with Gasteiger partial charge in [0.05, 0.1) is 12.5 Å². The molecular formula is C14H17FO3. The fourth-order valence-electron chi connectivity index (χ4n) is 2.54. The zero-order valence-electron chi connectivity index (χ0n) is 10.6. The molecule has 2 rings (SSSR count). The van der Waals surface area contributed by atoms with Crippen LogP contribution >= 0.6 is 0 Å². The first kappa shape index (κ1) is 13.0. The second-order valence-electron chi connectivity index (χ2n) is 4.70. The zero-order valence-corrected chi connectivity index (χ0v) is 10.6. The van der Waals surface area contributed by atoms with Gasteiger partial charge in [-0.3, -0.25) is 4.79 Å². The van der Waals surface area contributed by atoms with Crippen LogP contribution < -0.4 is 0 Å². The lowest BCUT2D eigenvalue weighted by Gasteiger charge is -2.29. The normalized spacial score (nSPS) is 23.6. The molecule has 0 heterocycles. The van der Waals surface area contributed by atoms with Crippen LogP contribution in [0.5, 0.6) is 0 Å². The quantitative estimate of drug-likeness (QED) is 0.838. The van der Waals surface area contributed by atoms with Gasteiger partial charge in [-0.15, -0.1) is 0 Å². The summed E-state index contributed by atoms with van der Waals surface area (Å²) >= 11 is 0. The van der Waals surface area contributed by atoms with E-state index in [1.165, 1.54) is 12.1 Å². The average Bonchev–Trinajstić information content (AvgIpc) is 2.67. The first-order valence-corrected chi connectivity index (χ1v) is 6.17. The monoisotopic (exact) mass is 252 g/mol. The van der Waals surface area contributed by atoms with Crippen LogP contribution in [0.2, 0.25) is 0 Å². The van der Waals surface area contributed by atoms with Crippen molar-refractivity contribution in [1.29, 1.82) is 0 Å². The molecule has 18 heavy (non-hydrogen) atoms. The summed E-state index contributed by atoms with van der Waals surface area (Å²) < 4.78 is 18.2. The van der Waals surface area contributed by atoms with Gasteiger partial charge in [-0.25, -0.2) is 4.39 Å². The lowest BCUT2D eigenvalue weighted by atomic mass is 9.83. The number of esters is 1. The molecule has 0 fully saturated rings. The third-order valence-corrected chi connectivity index (χ3v) is 3.67. The Hall–Kier alpha value is -1.42. The highest BCUT2D eigenvalue weighted by atomic mass is 19.1. The minimum atomic E-state index is -1.32. The van der Waals surface area contributed by atoms with Crippen molar-refractivity contribution in [3.05, 3.63) is 35.1 Å². The van der Waals surface area contributed by atoms with E-state index in [0.29, 0.717) is 18.4 Å². The summed E-state index contributed by atoms with van der Waals surface area (Å²) in [6, 6.07) is 4.36. The number of rotatable bonds is 3. The van der Waals surface area contributed by atoms with E-state index in [4.69, 9.17) is 4.74 Å². The third-order valence-electron chi connectivity index (χ3n) is 3.67. The number of halogens is 1. The molecule has 1 aromatic carbocycles. The predicted octanol–water partition coefficient (Wildman–Crippen LogP) is 2.16. The Labute approximate surface area is 106 Å². The van der Waals surface area contributed by atoms with Gasteiger partial charge in [-0.05, 0) is 49.9 Å². The lowest BCUT2D eigenvalue weighted by Crippen LogP contribution is -2.37. The number of hydrogen-bond acceptors (Lipinski definition) is 3. The van der Waals surface area contributed by atoms with Crippen LogP contribution in [-0.2, 0) is 21.6 Å². The third kappa shape index (κ3) is 2.01. The van der Waals surface area contributed by atoms with Crippen molar-refractivity contribution in [3.8, 4) is 0 Å². The Balaban J connectivity index is 2.35. The van der Waals surface area contributed by atoms with E-state index in [-0.39, 0.29) is 6.61 Å². The maximum Gasteiger partial charge on any atom is 0.311 e. The molecule has 2 atom stereocenters. The van der Waals surface area contributed by atoms with E-state index in [9.17, 15) is 14.3 Å². The van der Waals surface area contributed by atoms with Crippen LogP contribution in [0.15, 0.2) is 18.2 Å². The van der Waals surface area contributed by atoms with E-state index >= 15 is 0 Å². The predicted molar refractivity (Wildman–Crippen MR) is 64.4 cm³/mol. The first-order chi connectivity index (χ1) is 8.49. The molecule has 1 aliphatic rings. The molecule has 0 aromatic heterocycles. The first-order valence-electron chi connectivity index (χ1n) is 6.17. The Bertz CT molecular complexity index is 472. The standard InChI is InChI=1S/C14H17FO3/c1-3-18-13(16)9(2)14(17)7-6-10-4-5-11(15)8-12(10)14/h4-5,8-9,17H,3,6-7H2,1-2H3/t9-,14-/m1/s1.